The molecule has 2 aromatic rings. The highest BCUT2D eigenvalue weighted by Crippen LogP contribution is 2.14. The van der Waals surface area contributed by atoms with Crippen molar-refractivity contribution in [3.63, 3.8) is 0 Å². The van der Waals surface area contributed by atoms with E-state index >= 15 is 0 Å². The van der Waals surface area contributed by atoms with E-state index < -0.39 is 0 Å². The van der Waals surface area contributed by atoms with Gasteiger partial charge in [0, 0.05) is 19.7 Å². The van der Waals surface area contributed by atoms with Crippen LogP contribution in [0.25, 0.3) is 0 Å². The molecule has 0 bridgehead atoms. The van der Waals surface area contributed by atoms with Crippen molar-refractivity contribution in [2.24, 2.45) is 7.05 Å². The summed E-state index contributed by atoms with van der Waals surface area (Å²) in [4.78, 5) is 0. The van der Waals surface area contributed by atoms with Gasteiger partial charge in [-0.15, -0.1) is 0 Å². The molecular formula is C12H15N3. The first-order valence-corrected chi connectivity index (χ1v) is 4.98. The van der Waals surface area contributed by atoms with Crippen LogP contribution in [0.2, 0.25) is 0 Å². The number of rotatable bonds is 2. The largest absolute Gasteiger partial charge is 0.396 e. The number of nitrogens with zero attached hydrogens (tertiary/aromatic N) is 2. The van der Waals surface area contributed by atoms with Gasteiger partial charge in [-0.3, -0.25) is 4.68 Å². The van der Waals surface area contributed by atoms with Gasteiger partial charge in [0.2, 0.25) is 0 Å². The maximum Gasteiger partial charge on any atom is 0.0897 e. The van der Waals surface area contributed by atoms with Crippen LogP contribution in [0, 0.1) is 6.92 Å². The van der Waals surface area contributed by atoms with Crippen molar-refractivity contribution >= 4 is 5.69 Å². The summed E-state index contributed by atoms with van der Waals surface area (Å²) < 4.78 is 1.75. The van der Waals surface area contributed by atoms with E-state index in [0.29, 0.717) is 0 Å². The van der Waals surface area contributed by atoms with Crippen molar-refractivity contribution in [3.8, 4) is 0 Å². The summed E-state index contributed by atoms with van der Waals surface area (Å²) in [6, 6.07) is 8.41. The van der Waals surface area contributed by atoms with E-state index in [1.807, 2.05) is 13.2 Å². The zero-order valence-electron chi connectivity index (χ0n) is 9.07. The average Bonchev–Trinajstić information content (AvgIpc) is 2.45. The maximum absolute atomic E-state index is 5.84. The molecule has 1 heterocycles. The topological polar surface area (TPSA) is 43.8 Å². The molecule has 0 saturated carbocycles. The van der Waals surface area contributed by atoms with E-state index in [1.54, 1.807) is 4.68 Å². The Bertz CT molecular complexity index is 471. The highest BCUT2D eigenvalue weighted by molar-refractivity contribution is 5.43. The Kier molecular flexibility index (Phi) is 2.46. The van der Waals surface area contributed by atoms with Crippen molar-refractivity contribution in [2.75, 3.05) is 5.73 Å². The first-order valence-electron chi connectivity index (χ1n) is 4.98. The third-order valence-electron chi connectivity index (χ3n) is 2.39. The number of benzene rings is 1. The number of aromatic nitrogens is 2. The minimum Gasteiger partial charge on any atom is -0.396 e. The molecule has 0 aliphatic heterocycles. The van der Waals surface area contributed by atoms with Gasteiger partial charge in [0.1, 0.15) is 0 Å². The first kappa shape index (κ1) is 9.77. The van der Waals surface area contributed by atoms with Crippen LogP contribution >= 0.6 is 0 Å². The van der Waals surface area contributed by atoms with Crippen LogP contribution in [0.1, 0.15) is 16.8 Å². The lowest BCUT2D eigenvalue weighted by molar-refractivity contribution is 0.749. The number of hydrogen-bond donors (Lipinski definition) is 1. The monoisotopic (exact) mass is 201 g/mol. The molecule has 78 valence electrons. The molecule has 1 aromatic heterocycles. The summed E-state index contributed by atoms with van der Waals surface area (Å²) >= 11 is 0. The fourth-order valence-corrected chi connectivity index (χ4v) is 1.71. The third-order valence-corrected chi connectivity index (χ3v) is 2.39. The molecule has 0 radical (unpaired) electrons. The van der Waals surface area contributed by atoms with Gasteiger partial charge in [-0.25, -0.2) is 0 Å². The van der Waals surface area contributed by atoms with E-state index in [4.69, 9.17) is 5.73 Å². The molecule has 0 aliphatic carbocycles. The molecule has 3 nitrogen and oxygen atoms in total. The van der Waals surface area contributed by atoms with E-state index in [-0.39, 0.29) is 0 Å². The van der Waals surface area contributed by atoms with E-state index in [2.05, 4.69) is 36.3 Å². The van der Waals surface area contributed by atoms with Gasteiger partial charge in [-0.1, -0.05) is 29.8 Å². The summed E-state index contributed by atoms with van der Waals surface area (Å²) in [5, 5.41) is 4.33. The van der Waals surface area contributed by atoms with Crippen molar-refractivity contribution in [2.45, 2.75) is 13.3 Å². The lowest BCUT2D eigenvalue weighted by atomic mass is 10.1. The smallest absolute Gasteiger partial charge is 0.0897 e. The Morgan fingerprint density at radius 2 is 2.20 bits per heavy atom. The van der Waals surface area contributed by atoms with Crippen LogP contribution in [-0.2, 0) is 13.5 Å². The average molecular weight is 201 g/mol. The molecule has 2 N–H and O–H groups in total. The Balaban J connectivity index is 2.25. The second kappa shape index (κ2) is 3.77. The number of aryl methyl sites for hydroxylation is 2. The standard InChI is InChI=1S/C12H15N3/c1-9-4-3-5-10(6-9)7-12-11(13)8-15(2)14-12/h3-6,8H,7,13H2,1-2H3. The zero-order valence-corrected chi connectivity index (χ0v) is 9.07. The van der Waals surface area contributed by atoms with E-state index in [1.165, 1.54) is 11.1 Å². The van der Waals surface area contributed by atoms with Crippen molar-refractivity contribution in [1.82, 2.24) is 9.78 Å². The Morgan fingerprint density at radius 1 is 1.40 bits per heavy atom. The number of nitrogens with two attached hydrogens (primary N) is 1. The van der Waals surface area contributed by atoms with Crippen LogP contribution in [0.3, 0.4) is 0 Å². The van der Waals surface area contributed by atoms with Crippen LogP contribution in [0.4, 0.5) is 5.69 Å². The second-order valence-electron chi connectivity index (χ2n) is 3.87. The molecule has 0 atom stereocenters. The number of anilines is 1. The molecule has 0 unspecified atom stereocenters. The first-order chi connectivity index (χ1) is 7.15. The predicted molar refractivity (Wildman–Crippen MR) is 61.6 cm³/mol. The molecule has 2 rings (SSSR count). The summed E-state index contributed by atoms with van der Waals surface area (Å²) in [6.07, 6.45) is 2.64. The molecule has 0 fully saturated rings. The van der Waals surface area contributed by atoms with Gasteiger partial charge in [0.05, 0.1) is 11.4 Å². The molecule has 3 heteroatoms. The van der Waals surface area contributed by atoms with Gasteiger partial charge < -0.3 is 5.73 Å². The summed E-state index contributed by atoms with van der Waals surface area (Å²) in [5.41, 5.74) is 10.1. The predicted octanol–water partition coefficient (Wildman–Crippen LogP) is 1.90. The number of hydrogen-bond acceptors (Lipinski definition) is 2. The van der Waals surface area contributed by atoms with Crippen LogP contribution in [-0.4, -0.2) is 9.78 Å². The van der Waals surface area contributed by atoms with Crippen LogP contribution < -0.4 is 5.73 Å². The molecule has 1 aromatic carbocycles. The summed E-state index contributed by atoms with van der Waals surface area (Å²) in [7, 11) is 1.89. The molecule has 0 aliphatic rings. The fraction of sp³-hybridized carbons (Fsp3) is 0.250. The minimum atomic E-state index is 0.763. The lowest BCUT2D eigenvalue weighted by Crippen LogP contribution is -1.95. The molecule has 0 saturated heterocycles. The van der Waals surface area contributed by atoms with Crippen molar-refractivity contribution in [3.05, 3.63) is 47.3 Å². The molecule has 0 spiro atoms. The SMILES string of the molecule is Cc1cccc(Cc2nn(C)cc2N)c1. The molecule has 0 amide bonds. The second-order valence-corrected chi connectivity index (χ2v) is 3.87. The van der Waals surface area contributed by atoms with Crippen LogP contribution in [0.5, 0.6) is 0 Å². The van der Waals surface area contributed by atoms with Crippen molar-refractivity contribution < 1.29 is 0 Å². The quantitative estimate of drug-likeness (QED) is 0.806. The minimum absolute atomic E-state index is 0.763. The zero-order chi connectivity index (χ0) is 10.8. The fourth-order valence-electron chi connectivity index (χ4n) is 1.71. The van der Waals surface area contributed by atoms with Crippen LogP contribution in [0.15, 0.2) is 30.5 Å². The van der Waals surface area contributed by atoms with Gasteiger partial charge in [-0.05, 0) is 12.5 Å². The van der Waals surface area contributed by atoms with Gasteiger partial charge in [0.25, 0.3) is 0 Å². The highest BCUT2D eigenvalue weighted by atomic mass is 15.3. The Labute approximate surface area is 89.5 Å². The third kappa shape index (κ3) is 2.18. The normalized spacial score (nSPS) is 10.5. The van der Waals surface area contributed by atoms with Gasteiger partial charge in [-0.2, -0.15) is 5.10 Å². The van der Waals surface area contributed by atoms with E-state index in [0.717, 1.165) is 17.8 Å². The molecule has 15 heavy (non-hydrogen) atoms. The molecular weight excluding hydrogens is 186 g/mol. The number of nitrogen functional groups attached to an aromatic ring is 1. The Hall–Kier alpha value is -1.77. The maximum atomic E-state index is 5.84. The lowest BCUT2D eigenvalue weighted by Gasteiger charge is -2.00. The van der Waals surface area contributed by atoms with E-state index in [9.17, 15) is 0 Å². The van der Waals surface area contributed by atoms with Crippen molar-refractivity contribution in [1.29, 1.82) is 0 Å². The summed E-state index contributed by atoms with van der Waals surface area (Å²) in [5.74, 6) is 0. The van der Waals surface area contributed by atoms with Gasteiger partial charge in [0.15, 0.2) is 0 Å². The van der Waals surface area contributed by atoms with Gasteiger partial charge >= 0.3 is 0 Å². The Morgan fingerprint density at radius 3 is 2.80 bits per heavy atom. The highest BCUT2D eigenvalue weighted by Gasteiger charge is 2.05. The summed E-state index contributed by atoms with van der Waals surface area (Å²) in [6.45, 7) is 2.09.